The molecule has 0 aliphatic heterocycles. The number of aromatic nitrogens is 2. The lowest BCUT2D eigenvalue weighted by Gasteiger charge is -2.16. The summed E-state index contributed by atoms with van der Waals surface area (Å²) in [6, 6.07) is 6.52. The van der Waals surface area contributed by atoms with Gasteiger partial charge in [-0.25, -0.2) is 9.97 Å². The molecule has 1 aliphatic rings. The van der Waals surface area contributed by atoms with Crippen LogP contribution in [0.25, 0.3) is 11.1 Å². The van der Waals surface area contributed by atoms with Crippen LogP contribution < -0.4 is 5.73 Å². The van der Waals surface area contributed by atoms with Crippen LogP contribution in [0.15, 0.2) is 24.3 Å². The molecular weight excluding hydrogens is 280 g/mol. The van der Waals surface area contributed by atoms with Gasteiger partial charge in [0.2, 0.25) is 0 Å². The van der Waals surface area contributed by atoms with Gasteiger partial charge in [0.25, 0.3) is 5.69 Å². The molecule has 6 nitrogen and oxygen atoms in total. The number of nitrogens with zero attached hydrogens (tertiary/aromatic N) is 3. The van der Waals surface area contributed by atoms with E-state index in [9.17, 15) is 10.1 Å². The van der Waals surface area contributed by atoms with Crippen LogP contribution in [0.3, 0.4) is 0 Å². The van der Waals surface area contributed by atoms with Gasteiger partial charge in [0.05, 0.1) is 10.6 Å². The Bertz CT molecular complexity index is 724. The number of hydrogen-bond donors (Lipinski definition) is 1. The van der Waals surface area contributed by atoms with Crippen LogP contribution in [-0.4, -0.2) is 14.9 Å². The highest BCUT2D eigenvalue weighted by Gasteiger charge is 2.25. The molecule has 114 valence electrons. The van der Waals surface area contributed by atoms with Gasteiger partial charge in [0.15, 0.2) is 0 Å². The average molecular weight is 298 g/mol. The second kappa shape index (κ2) is 5.71. The van der Waals surface area contributed by atoms with Crippen molar-refractivity contribution in [3.8, 4) is 11.1 Å². The number of hydrogen-bond acceptors (Lipinski definition) is 5. The Labute approximate surface area is 128 Å². The van der Waals surface area contributed by atoms with Crippen LogP contribution in [0.4, 0.5) is 11.5 Å². The maximum Gasteiger partial charge on any atom is 0.270 e. The number of anilines is 1. The highest BCUT2D eigenvalue weighted by atomic mass is 16.6. The van der Waals surface area contributed by atoms with E-state index in [-0.39, 0.29) is 5.69 Å². The minimum Gasteiger partial charge on any atom is -0.383 e. The normalized spacial score (nSPS) is 15.1. The Balaban J connectivity index is 2.16. The molecule has 2 N–H and O–H groups in total. The molecule has 0 radical (unpaired) electrons. The minimum absolute atomic E-state index is 0.0508. The van der Waals surface area contributed by atoms with Gasteiger partial charge in [0, 0.05) is 23.6 Å². The maximum atomic E-state index is 11.0. The minimum atomic E-state index is -0.399. The van der Waals surface area contributed by atoms with Gasteiger partial charge in [0.1, 0.15) is 11.6 Å². The molecule has 22 heavy (non-hydrogen) atoms. The van der Waals surface area contributed by atoms with E-state index in [0.29, 0.717) is 23.1 Å². The van der Waals surface area contributed by atoms with E-state index in [0.717, 1.165) is 24.1 Å². The van der Waals surface area contributed by atoms with Crippen LogP contribution in [-0.2, 0) is 0 Å². The summed E-state index contributed by atoms with van der Waals surface area (Å²) in [5.74, 6) is 1.40. The molecule has 1 heterocycles. The summed E-state index contributed by atoms with van der Waals surface area (Å²) in [4.78, 5) is 19.5. The summed E-state index contributed by atoms with van der Waals surface area (Å²) in [7, 11) is 0. The first kappa shape index (κ1) is 14.4. The number of rotatable bonds is 3. The average Bonchev–Trinajstić information content (AvgIpc) is 3.00. The molecular formula is C16H18N4O2. The van der Waals surface area contributed by atoms with Crippen molar-refractivity contribution in [2.75, 3.05) is 5.73 Å². The quantitative estimate of drug-likeness (QED) is 0.690. The Hall–Kier alpha value is -2.50. The molecule has 1 aromatic heterocycles. The number of non-ortho nitro benzene ring substituents is 1. The number of nitrogen functional groups attached to an aromatic ring is 1. The third-order valence-electron chi connectivity index (χ3n) is 4.16. The fraction of sp³-hybridized carbons (Fsp3) is 0.375. The largest absolute Gasteiger partial charge is 0.383 e. The zero-order chi connectivity index (χ0) is 15.7. The van der Waals surface area contributed by atoms with Crippen LogP contribution in [0.2, 0.25) is 0 Å². The molecule has 6 heteroatoms. The fourth-order valence-electron chi connectivity index (χ4n) is 3.18. The van der Waals surface area contributed by atoms with Crippen molar-refractivity contribution in [3.63, 3.8) is 0 Å². The molecule has 1 aromatic carbocycles. The number of nitro benzene ring substituents is 1. The van der Waals surface area contributed by atoms with E-state index in [2.05, 4.69) is 9.97 Å². The molecule has 0 saturated heterocycles. The van der Waals surface area contributed by atoms with Gasteiger partial charge in [-0.15, -0.1) is 0 Å². The van der Waals surface area contributed by atoms with E-state index in [1.54, 1.807) is 12.1 Å². The Morgan fingerprint density at radius 2 is 2.00 bits per heavy atom. The lowest BCUT2D eigenvalue weighted by Crippen LogP contribution is -2.08. The second-order valence-corrected chi connectivity index (χ2v) is 5.71. The van der Waals surface area contributed by atoms with E-state index in [1.165, 1.54) is 18.9 Å². The highest BCUT2D eigenvalue weighted by Crippen LogP contribution is 2.40. The van der Waals surface area contributed by atoms with Crippen LogP contribution in [0.5, 0.6) is 0 Å². The summed E-state index contributed by atoms with van der Waals surface area (Å²) in [6.45, 7) is 1.83. The zero-order valence-electron chi connectivity index (χ0n) is 12.5. The van der Waals surface area contributed by atoms with E-state index >= 15 is 0 Å². The summed E-state index contributed by atoms with van der Waals surface area (Å²) in [5.41, 5.74) is 8.58. The monoisotopic (exact) mass is 298 g/mol. The molecule has 1 fully saturated rings. The predicted molar refractivity (Wildman–Crippen MR) is 84.5 cm³/mol. The molecule has 3 rings (SSSR count). The van der Waals surface area contributed by atoms with E-state index < -0.39 is 4.92 Å². The number of nitrogens with two attached hydrogens (primary N) is 1. The van der Waals surface area contributed by atoms with Crippen LogP contribution in [0, 0.1) is 17.0 Å². The topological polar surface area (TPSA) is 94.9 Å². The van der Waals surface area contributed by atoms with Crippen molar-refractivity contribution in [3.05, 3.63) is 45.9 Å². The Morgan fingerprint density at radius 3 is 2.68 bits per heavy atom. The molecule has 1 saturated carbocycles. The zero-order valence-corrected chi connectivity index (χ0v) is 12.5. The smallest absolute Gasteiger partial charge is 0.270 e. The van der Waals surface area contributed by atoms with Gasteiger partial charge in [-0.1, -0.05) is 25.0 Å². The second-order valence-electron chi connectivity index (χ2n) is 5.71. The van der Waals surface area contributed by atoms with Crippen molar-refractivity contribution in [1.29, 1.82) is 0 Å². The first-order valence-corrected chi connectivity index (χ1v) is 7.45. The molecule has 0 atom stereocenters. The lowest BCUT2D eigenvalue weighted by molar-refractivity contribution is -0.384. The van der Waals surface area contributed by atoms with Gasteiger partial charge >= 0.3 is 0 Å². The fourth-order valence-corrected chi connectivity index (χ4v) is 3.18. The van der Waals surface area contributed by atoms with Crippen LogP contribution >= 0.6 is 0 Å². The highest BCUT2D eigenvalue weighted by molar-refractivity contribution is 5.77. The summed E-state index contributed by atoms with van der Waals surface area (Å²) in [5, 5.41) is 11.0. The summed E-state index contributed by atoms with van der Waals surface area (Å²) >= 11 is 0. The van der Waals surface area contributed by atoms with Gasteiger partial charge < -0.3 is 5.73 Å². The van der Waals surface area contributed by atoms with Crippen LogP contribution in [0.1, 0.15) is 43.1 Å². The Morgan fingerprint density at radius 1 is 1.27 bits per heavy atom. The first-order valence-electron chi connectivity index (χ1n) is 7.45. The van der Waals surface area contributed by atoms with Gasteiger partial charge in [-0.05, 0) is 25.3 Å². The SMILES string of the molecule is Cc1nc(N)c(-c2cccc([N+](=O)[O-])c2)c(C2CCCC2)n1. The maximum absolute atomic E-state index is 11.0. The molecule has 0 unspecified atom stereocenters. The molecule has 0 amide bonds. The third kappa shape index (κ3) is 2.64. The summed E-state index contributed by atoms with van der Waals surface area (Å²) < 4.78 is 0. The number of aryl methyl sites for hydroxylation is 1. The van der Waals surface area contributed by atoms with E-state index in [1.807, 2.05) is 13.0 Å². The van der Waals surface area contributed by atoms with Crippen molar-refractivity contribution < 1.29 is 4.92 Å². The standard InChI is InChI=1S/C16H18N4O2/c1-10-18-15(11-5-2-3-6-11)14(16(17)19-10)12-7-4-8-13(9-12)20(21)22/h4,7-9,11H,2-3,5-6H2,1H3,(H2,17,18,19). The van der Waals surface area contributed by atoms with Crippen molar-refractivity contribution in [2.45, 2.75) is 38.5 Å². The van der Waals surface area contributed by atoms with Crippen molar-refractivity contribution in [2.24, 2.45) is 0 Å². The van der Waals surface area contributed by atoms with Crippen molar-refractivity contribution >= 4 is 11.5 Å². The lowest BCUT2D eigenvalue weighted by atomic mass is 9.94. The summed E-state index contributed by atoms with van der Waals surface area (Å²) in [6.07, 6.45) is 4.53. The first-order chi connectivity index (χ1) is 10.6. The molecule has 0 spiro atoms. The van der Waals surface area contributed by atoms with Crippen molar-refractivity contribution in [1.82, 2.24) is 9.97 Å². The number of nitro groups is 1. The molecule has 2 aromatic rings. The number of benzene rings is 1. The molecule has 0 bridgehead atoms. The van der Waals surface area contributed by atoms with Gasteiger partial charge in [-0.2, -0.15) is 0 Å². The van der Waals surface area contributed by atoms with Gasteiger partial charge in [-0.3, -0.25) is 10.1 Å². The Kier molecular flexibility index (Phi) is 3.75. The van der Waals surface area contributed by atoms with E-state index in [4.69, 9.17) is 5.73 Å². The predicted octanol–water partition coefficient (Wildman–Crippen LogP) is 3.60. The third-order valence-corrected chi connectivity index (χ3v) is 4.16. The molecule has 1 aliphatic carbocycles.